The molecule has 0 unspecified atom stereocenters. The molecular formula is C33H31N5O2. The van der Waals surface area contributed by atoms with E-state index in [9.17, 15) is 4.79 Å². The number of carbonyl (C=O) groups is 1. The third kappa shape index (κ3) is 5.73. The van der Waals surface area contributed by atoms with Gasteiger partial charge in [0.1, 0.15) is 11.6 Å². The molecule has 6 rings (SSSR count). The largest absolute Gasteiger partial charge is 0.497 e. The second-order valence-corrected chi connectivity index (χ2v) is 9.90. The minimum Gasteiger partial charge on any atom is -0.497 e. The smallest absolute Gasteiger partial charge is 0.228 e. The van der Waals surface area contributed by atoms with Gasteiger partial charge >= 0.3 is 0 Å². The van der Waals surface area contributed by atoms with Crippen LogP contribution in [0, 0.1) is 0 Å². The summed E-state index contributed by atoms with van der Waals surface area (Å²) in [5.74, 6) is 1.74. The van der Waals surface area contributed by atoms with Crippen molar-refractivity contribution in [2.24, 2.45) is 0 Å². The zero-order valence-corrected chi connectivity index (χ0v) is 22.5. The predicted molar refractivity (Wildman–Crippen MR) is 161 cm³/mol. The Balaban J connectivity index is 1.12. The van der Waals surface area contributed by atoms with Crippen LogP contribution in [0.15, 0.2) is 103 Å². The maximum atomic E-state index is 12.4. The van der Waals surface area contributed by atoms with Crippen LogP contribution in [0.25, 0.3) is 22.2 Å². The molecule has 1 N–H and O–H groups in total. The first-order valence-electron chi connectivity index (χ1n) is 13.5. The fourth-order valence-electron chi connectivity index (χ4n) is 5.07. The van der Waals surface area contributed by atoms with E-state index in [-0.39, 0.29) is 5.91 Å². The minimum absolute atomic E-state index is 0.0308. The molecule has 2 heterocycles. The molecule has 0 atom stereocenters. The van der Waals surface area contributed by atoms with E-state index in [0.29, 0.717) is 6.42 Å². The van der Waals surface area contributed by atoms with Crippen LogP contribution in [-0.4, -0.2) is 49.2 Å². The van der Waals surface area contributed by atoms with Crippen molar-refractivity contribution >= 4 is 34.1 Å². The number of hydrogen-bond acceptors (Lipinski definition) is 6. The van der Waals surface area contributed by atoms with Gasteiger partial charge in [-0.25, -0.2) is 4.98 Å². The van der Waals surface area contributed by atoms with Crippen molar-refractivity contribution in [3.63, 3.8) is 0 Å². The average Bonchev–Trinajstić information content (AvgIpc) is 3.01. The van der Waals surface area contributed by atoms with Gasteiger partial charge in [-0.2, -0.15) is 0 Å². The summed E-state index contributed by atoms with van der Waals surface area (Å²) in [5, 5.41) is 2.99. The number of rotatable bonds is 7. The highest BCUT2D eigenvalue weighted by Gasteiger charge is 2.19. The number of nitrogens with one attached hydrogen (secondary N) is 1. The number of carbonyl (C=O) groups excluding carboxylic acids is 1. The van der Waals surface area contributed by atoms with Gasteiger partial charge < -0.3 is 19.9 Å². The van der Waals surface area contributed by atoms with Gasteiger partial charge in [-0.05, 0) is 53.1 Å². The maximum absolute atomic E-state index is 12.4. The zero-order valence-electron chi connectivity index (χ0n) is 22.5. The van der Waals surface area contributed by atoms with Gasteiger partial charge in [0.2, 0.25) is 5.91 Å². The highest BCUT2D eigenvalue weighted by atomic mass is 16.5. The molecule has 1 amide bonds. The summed E-state index contributed by atoms with van der Waals surface area (Å²) in [6.07, 6.45) is 2.22. The normalized spacial score (nSPS) is 13.3. The Hall–Kier alpha value is -4.91. The van der Waals surface area contributed by atoms with Crippen LogP contribution in [0.3, 0.4) is 0 Å². The molecule has 200 valence electrons. The lowest BCUT2D eigenvalue weighted by Gasteiger charge is -2.36. The molecule has 0 spiro atoms. The van der Waals surface area contributed by atoms with E-state index < -0.39 is 0 Å². The summed E-state index contributed by atoms with van der Waals surface area (Å²) in [5.41, 5.74) is 6.80. The number of benzene rings is 4. The number of nitrogens with zero attached hydrogens (tertiary/aromatic N) is 4. The number of piperazine rings is 1. The molecule has 0 aliphatic carbocycles. The van der Waals surface area contributed by atoms with E-state index in [0.717, 1.165) is 71.2 Å². The molecule has 4 aromatic carbocycles. The lowest BCUT2D eigenvalue weighted by atomic mass is 10.0. The average molecular weight is 530 g/mol. The quantitative estimate of drug-likeness (QED) is 0.287. The summed E-state index contributed by atoms with van der Waals surface area (Å²) < 4.78 is 5.39. The van der Waals surface area contributed by atoms with E-state index in [2.05, 4.69) is 39.4 Å². The molecule has 1 aliphatic heterocycles. The van der Waals surface area contributed by atoms with Crippen LogP contribution in [0.2, 0.25) is 0 Å². The Kier molecular flexibility index (Phi) is 7.26. The van der Waals surface area contributed by atoms with Crippen molar-refractivity contribution in [1.29, 1.82) is 0 Å². The van der Waals surface area contributed by atoms with E-state index in [1.165, 1.54) is 5.69 Å². The number of ether oxygens (including phenoxy) is 1. The Labute approximate surface area is 234 Å². The Bertz CT molecular complexity index is 1610. The maximum Gasteiger partial charge on any atom is 0.228 e. The van der Waals surface area contributed by atoms with Crippen molar-refractivity contribution in [1.82, 2.24) is 9.97 Å². The van der Waals surface area contributed by atoms with Gasteiger partial charge in [0, 0.05) is 43.6 Å². The SMILES string of the molecule is COc1cccc(N2CCN(c3cnc4ccc(-c5ccc(NC(=O)Cc6ccccc6)cc5)cc4n3)CC2)c1. The lowest BCUT2D eigenvalue weighted by Crippen LogP contribution is -2.46. The third-order valence-corrected chi connectivity index (χ3v) is 7.26. The summed E-state index contributed by atoms with van der Waals surface area (Å²) in [6, 6.07) is 32.0. The van der Waals surface area contributed by atoms with Crippen LogP contribution in [0.1, 0.15) is 5.56 Å². The summed E-state index contributed by atoms with van der Waals surface area (Å²) in [6.45, 7) is 3.55. The summed E-state index contributed by atoms with van der Waals surface area (Å²) in [4.78, 5) is 26.8. The van der Waals surface area contributed by atoms with Crippen molar-refractivity contribution in [2.45, 2.75) is 6.42 Å². The van der Waals surface area contributed by atoms with Gasteiger partial charge in [-0.15, -0.1) is 0 Å². The highest BCUT2D eigenvalue weighted by Crippen LogP contribution is 2.27. The van der Waals surface area contributed by atoms with Gasteiger partial charge in [-0.1, -0.05) is 54.6 Å². The van der Waals surface area contributed by atoms with Gasteiger partial charge in [-0.3, -0.25) is 9.78 Å². The summed E-state index contributed by atoms with van der Waals surface area (Å²) in [7, 11) is 1.70. The molecule has 7 heteroatoms. The molecule has 0 radical (unpaired) electrons. The molecule has 1 fully saturated rings. The van der Waals surface area contributed by atoms with Gasteiger partial charge in [0.05, 0.1) is 30.8 Å². The van der Waals surface area contributed by atoms with E-state index in [1.807, 2.05) is 79.0 Å². The molecule has 40 heavy (non-hydrogen) atoms. The first-order valence-corrected chi connectivity index (χ1v) is 13.5. The number of methoxy groups -OCH3 is 1. The number of anilines is 3. The van der Waals surface area contributed by atoms with Crippen LogP contribution >= 0.6 is 0 Å². The van der Waals surface area contributed by atoms with E-state index in [1.54, 1.807) is 7.11 Å². The zero-order chi connectivity index (χ0) is 27.3. The highest BCUT2D eigenvalue weighted by molar-refractivity contribution is 5.92. The predicted octanol–water partition coefficient (Wildman–Crippen LogP) is 5.81. The first-order chi connectivity index (χ1) is 19.6. The van der Waals surface area contributed by atoms with E-state index >= 15 is 0 Å². The number of aromatic nitrogens is 2. The fraction of sp³-hybridized carbons (Fsp3) is 0.182. The lowest BCUT2D eigenvalue weighted by molar-refractivity contribution is -0.115. The molecule has 7 nitrogen and oxygen atoms in total. The van der Waals surface area contributed by atoms with Crippen molar-refractivity contribution in [3.05, 3.63) is 109 Å². The first kappa shape index (κ1) is 25.4. The second-order valence-electron chi connectivity index (χ2n) is 9.90. The van der Waals surface area contributed by atoms with Crippen LogP contribution in [0.5, 0.6) is 5.75 Å². The van der Waals surface area contributed by atoms with Gasteiger partial charge in [0.25, 0.3) is 0 Å². The minimum atomic E-state index is -0.0308. The van der Waals surface area contributed by atoms with Crippen LogP contribution < -0.4 is 19.9 Å². The Morgan fingerprint density at radius 3 is 2.33 bits per heavy atom. The van der Waals surface area contributed by atoms with Crippen molar-refractivity contribution in [2.75, 3.05) is 48.4 Å². The number of hydrogen-bond donors (Lipinski definition) is 1. The topological polar surface area (TPSA) is 70.6 Å². The van der Waals surface area contributed by atoms with E-state index in [4.69, 9.17) is 14.7 Å². The Morgan fingerprint density at radius 2 is 1.55 bits per heavy atom. The molecule has 1 saturated heterocycles. The Morgan fingerprint density at radius 1 is 0.800 bits per heavy atom. The van der Waals surface area contributed by atoms with Crippen molar-refractivity contribution in [3.8, 4) is 16.9 Å². The third-order valence-electron chi connectivity index (χ3n) is 7.26. The molecular weight excluding hydrogens is 498 g/mol. The number of amides is 1. The second kappa shape index (κ2) is 11.5. The fourth-order valence-corrected chi connectivity index (χ4v) is 5.07. The van der Waals surface area contributed by atoms with Crippen molar-refractivity contribution < 1.29 is 9.53 Å². The molecule has 1 aliphatic rings. The van der Waals surface area contributed by atoms with Crippen LogP contribution in [0.4, 0.5) is 17.2 Å². The number of fused-ring (bicyclic) bond motifs is 1. The molecule has 5 aromatic rings. The van der Waals surface area contributed by atoms with Crippen LogP contribution in [-0.2, 0) is 11.2 Å². The summed E-state index contributed by atoms with van der Waals surface area (Å²) >= 11 is 0. The molecule has 0 bridgehead atoms. The standard InChI is InChI=1S/C33H31N5O2/c1-40-29-9-5-8-28(22-29)37-16-18-38(19-17-37)32-23-34-30-15-12-26(21-31(30)36-32)25-10-13-27(14-11-25)35-33(39)20-24-6-3-2-4-7-24/h2-15,21-23H,16-20H2,1H3,(H,35,39). The van der Waals surface area contributed by atoms with Gasteiger partial charge in [0.15, 0.2) is 0 Å². The molecule has 0 saturated carbocycles. The molecule has 1 aromatic heterocycles. The monoisotopic (exact) mass is 529 g/mol.